The summed E-state index contributed by atoms with van der Waals surface area (Å²) in [6, 6.07) is 19.6. The predicted octanol–water partition coefficient (Wildman–Crippen LogP) is 7.25. The van der Waals surface area contributed by atoms with Crippen molar-refractivity contribution in [3.63, 3.8) is 0 Å². The number of aryl methyl sites for hydroxylation is 1. The van der Waals surface area contributed by atoms with Crippen LogP contribution in [0, 0.1) is 5.82 Å². The second kappa shape index (κ2) is 6.85. The van der Waals surface area contributed by atoms with Crippen LogP contribution in [0.1, 0.15) is 12.7 Å². The molecule has 0 saturated heterocycles. The molecule has 0 atom stereocenters. The summed E-state index contributed by atoms with van der Waals surface area (Å²) < 4.78 is 24.4. The predicted molar refractivity (Wildman–Crippen MR) is 103 cm³/mol. The van der Waals surface area contributed by atoms with Gasteiger partial charge in [-0.1, -0.05) is 30.7 Å². The third-order valence-corrected chi connectivity index (χ3v) is 4.49. The molecule has 4 heteroatoms. The number of rotatable bonds is 4. The lowest BCUT2D eigenvalue weighted by Gasteiger charge is -2.07. The number of benzene rings is 3. The fourth-order valence-corrected chi connectivity index (χ4v) is 3.12. The van der Waals surface area contributed by atoms with Gasteiger partial charge in [0.15, 0.2) is 5.58 Å². The van der Waals surface area contributed by atoms with Gasteiger partial charge in [-0.05, 0) is 65.7 Å². The van der Waals surface area contributed by atoms with E-state index in [1.807, 2.05) is 43.3 Å². The number of hydrogen-bond acceptors (Lipinski definition) is 2. The Morgan fingerprint density at radius 3 is 2.19 bits per heavy atom. The van der Waals surface area contributed by atoms with Crippen LogP contribution < -0.4 is 4.74 Å². The van der Waals surface area contributed by atoms with E-state index in [4.69, 9.17) is 20.8 Å². The van der Waals surface area contributed by atoms with Gasteiger partial charge >= 0.3 is 0 Å². The molecule has 1 heterocycles. The zero-order valence-corrected chi connectivity index (χ0v) is 14.9. The van der Waals surface area contributed by atoms with Gasteiger partial charge in [-0.15, -0.1) is 0 Å². The van der Waals surface area contributed by atoms with Crippen molar-refractivity contribution in [1.29, 1.82) is 0 Å². The van der Waals surface area contributed by atoms with Crippen LogP contribution in [-0.4, -0.2) is 0 Å². The van der Waals surface area contributed by atoms with Gasteiger partial charge in [0.1, 0.15) is 23.1 Å². The van der Waals surface area contributed by atoms with E-state index in [0.29, 0.717) is 16.5 Å². The minimum Gasteiger partial charge on any atom is -0.460 e. The maximum Gasteiger partial charge on any atom is 0.152 e. The number of fused-ring (bicyclic) bond motifs is 1. The molecule has 130 valence electrons. The molecule has 0 bridgehead atoms. The van der Waals surface area contributed by atoms with E-state index in [-0.39, 0.29) is 5.82 Å². The van der Waals surface area contributed by atoms with Crippen LogP contribution in [0.2, 0.25) is 5.02 Å². The van der Waals surface area contributed by atoms with E-state index in [2.05, 4.69) is 6.07 Å². The third-order valence-electron chi connectivity index (χ3n) is 4.21. The summed E-state index contributed by atoms with van der Waals surface area (Å²) in [4.78, 5) is 0. The van der Waals surface area contributed by atoms with E-state index >= 15 is 0 Å². The van der Waals surface area contributed by atoms with Gasteiger partial charge in [0.25, 0.3) is 0 Å². The van der Waals surface area contributed by atoms with Crippen LogP contribution in [0.15, 0.2) is 71.1 Å². The molecule has 0 radical (unpaired) electrons. The molecule has 0 fully saturated rings. The summed E-state index contributed by atoms with van der Waals surface area (Å²) >= 11 is 6.38. The minimum atomic E-state index is -0.287. The SMILES string of the molecule is CCc1cc2cc(-c3ccc(Oc4ccc(F)cc4)cc3)cc(Cl)c2o1. The lowest BCUT2D eigenvalue weighted by molar-refractivity contribution is 0.480. The summed E-state index contributed by atoms with van der Waals surface area (Å²) in [5, 5.41) is 1.60. The molecule has 3 aromatic carbocycles. The molecule has 4 rings (SSSR count). The van der Waals surface area contributed by atoms with Crippen molar-refractivity contribution in [3.8, 4) is 22.6 Å². The van der Waals surface area contributed by atoms with Crippen molar-refractivity contribution < 1.29 is 13.5 Å². The van der Waals surface area contributed by atoms with Gasteiger partial charge in [0.2, 0.25) is 0 Å². The number of hydrogen-bond donors (Lipinski definition) is 0. The van der Waals surface area contributed by atoms with Gasteiger partial charge < -0.3 is 9.15 Å². The highest BCUT2D eigenvalue weighted by Crippen LogP contribution is 2.34. The van der Waals surface area contributed by atoms with Gasteiger partial charge in [-0.2, -0.15) is 0 Å². The highest BCUT2D eigenvalue weighted by atomic mass is 35.5. The first kappa shape index (κ1) is 16.7. The van der Waals surface area contributed by atoms with Crippen molar-refractivity contribution in [2.75, 3.05) is 0 Å². The summed E-state index contributed by atoms with van der Waals surface area (Å²) in [5.74, 6) is 1.91. The standard InChI is InChI=1S/C22H16ClFO2/c1-2-18-12-16-11-15(13-21(23)22(16)26-18)14-3-7-19(8-4-14)25-20-9-5-17(24)6-10-20/h3-13H,2H2,1H3. The van der Waals surface area contributed by atoms with Gasteiger partial charge in [-0.3, -0.25) is 0 Å². The van der Waals surface area contributed by atoms with Crippen LogP contribution in [-0.2, 0) is 6.42 Å². The Kier molecular flexibility index (Phi) is 4.39. The first-order valence-electron chi connectivity index (χ1n) is 8.38. The molecule has 0 aliphatic heterocycles. The Morgan fingerprint density at radius 1 is 0.885 bits per heavy atom. The largest absolute Gasteiger partial charge is 0.460 e. The zero-order chi connectivity index (χ0) is 18.1. The Labute approximate surface area is 155 Å². The lowest BCUT2D eigenvalue weighted by Crippen LogP contribution is -1.85. The quantitative estimate of drug-likeness (QED) is 0.379. The monoisotopic (exact) mass is 366 g/mol. The maximum absolute atomic E-state index is 13.0. The molecule has 2 nitrogen and oxygen atoms in total. The molecule has 0 N–H and O–H groups in total. The Bertz CT molecular complexity index is 1050. The molecule has 0 aliphatic rings. The maximum atomic E-state index is 13.0. The van der Waals surface area contributed by atoms with Crippen molar-refractivity contribution in [3.05, 3.63) is 83.3 Å². The van der Waals surface area contributed by atoms with Crippen LogP contribution in [0.4, 0.5) is 4.39 Å². The van der Waals surface area contributed by atoms with Crippen molar-refractivity contribution in [2.24, 2.45) is 0 Å². The molecule has 4 aromatic rings. The second-order valence-electron chi connectivity index (χ2n) is 6.02. The molecular weight excluding hydrogens is 351 g/mol. The van der Waals surface area contributed by atoms with E-state index in [1.54, 1.807) is 12.1 Å². The van der Waals surface area contributed by atoms with E-state index in [0.717, 1.165) is 34.3 Å². The average Bonchev–Trinajstić information content (AvgIpc) is 3.08. The van der Waals surface area contributed by atoms with Crippen LogP contribution in [0.5, 0.6) is 11.5 Å². The first-order valence-corrected chi connectivity index (χ1v) is 8.76. The molecular formula is C22H16ClFO2. The van der Waals surface area contributed by atoms with Gasteiger partial charge in [-0.25, -0.2) is 4.39 Å². The van der Waals surface area contributed by atoms with E-state index in [9.17, 15) is 4.39 Å². The van der Waals surface area contributed by atoms with Gasteiger partial charge in [0, 0.05) is 11.8 Å². The fraction of sp³-hybridized carbons (Fsp3) is 0.0909. The second-order valence-corrected chi connectivity index (χ2v) is 6.43. The lowest BCUT2D eigenvalue weighted by atomic mass is 10.0. The van der Waals surface area contributed by atoms with E-state index in [1.165, 1.54) is 12.1 Å². The highest BCUT2D eigenvalue weighted by Gasteiger charge is 2.10. The van der Waals surface area contributed by atoms with Crippen LogP contribution >= 0.6 is 11.6 Å². The fourth-order valence-electron chi connectivity index (χ4n) is 2.86. The Balaban J connectivity index is 1.62. The van der Waals surface area contributed by atoms with E-state index < -0.39 is 0 Å². The molecule has 26 heavy (non-hydrogen) atoms. The topological polar surface area (TPSA) is 22.4 Å². The van der Waals surface area contributed by atoms with Crippen molar-refractivity contribution in [2.45, 2.75) is 13.3 Å². The minimum absolute atomic E-state index is 0.287. The number of halogens is 2. The summed E-state index contributed by atoms with van der Waals surface area (Å²) in [5.41, 5.74) is 2.77. The first-order chi connectivity index (χ1) is 12.6. The molecule has 1 aromatic heterocycles. The summed E-state index contributed by atoms with van der Waals surface area (Å²) in [6.45, 7) is 2.05. The molecule has 0 unspecified atom stereocenters. The normalized spacial score (nSPS) is 11.0. The molecule has 0 aliphatic carbocycles. The average molecular weight is 367 g/mol. The summed E-state index contributed by atoms with van der Waals surface area (Å²) in [7, 11) is 0. The Morgan fingerprint density at radius 2 is 1.54 bits per heavy atom. The number of furan rings is 1. The van der Waals surface area contributed by atoms with Crippen molar-refractivity contribution in [1.82, 2.24) is 0 Å². The van der Waals surface area contributed by atoms with Crippen LogP contribution in [0.25, 0.3) is 22.1 Å². The third kappa shape index (κ3) is 3.31. The molecule has 0 amide bonds. The zero-order valence-electron chi connectivity index (χ0n) is 14.1. The van der Waals surface area contributed by atoms with Gasteiger partial charge in [0.05, 0.1) is 5.02 Å². The Hall–Kier alpha value is -2.78. The smallest absolute Gasteiger partial charge is 0.152 e. The number of ether oxygens (including phenoxy) is 1. The summed E-state index contributed by atoms with van der Waals surface area (Å²) in [6.07, 6.45) is 0.829. The molecule has 0 spiro atoms. The highest BCUT2D eigenvalue weighted by molar-refractivity contribution is 6.35. The molecule has 0 saturated carbocycles. The van der Waals surface area contributed by atoms with Crippen LogP contribution in [0.3, 0.4) is 0 Å². The van der Waals surface area contributed by atoms with Crippen molar-refractivity contribution >= 4 is 22.6 Å².